The minimum atomic E-state index is -2.98. The highest BCUT2D eigenvalue weighted by Gasteiger charge is 2.32. The van der Waals surface area contributed by atoms with Gasteiger partial charge in [0, 0.05) is 31.3 Å². The maximum atomic E-state index is 11.9. The SMILES string of the molecule is CCCNc1ncc(-c2nccn2-c2c(C)nn(C3CCS(=O)(=O)C3)c2C)cn1. The number of nitrogens with one attached hydrogen (secondary N) is 1. The minimum absolute atomic E-state index is 0.119. The first-order valence-electron chi connectivity index (χ1n) is 9.75. The van der Waals surface area contributed by atoms with Crippen molar-refractivity contribution < 1.29 is 8.42 Å². The second-order valence-corrected chi connectivity index (χ2v) is 9.59. The molecule has 10 heteroatoms. The summed E-state index contributed by atoms with van der Waals surface area (Å²) >= 11 is 0. The molecule has 9 nitrogen and oxygen atoms in total. The van der Waals surface area contributed by atoms with Crippen molar-refractivity contribution >= 4 is 15.8 Å². The van der Waals surface area contributed by atoms with Crippen molar-refractivity contribution in [3.05, 3.63) is 36.2 Å². The Labute approximate surface area is 170 Å². The van der Waals surface area contributed by atoms with Crippen molar-refractivity contribution in [2.75, 3.05) is 23.4 Å². The third-order valence-electron chi connectivity index (χ3n) is 5.17. The van der Waals surface area contributed by atoms with Gasteiger partial charge in [0.1, 0.15) is 5.82 Å². The minimum Gasteiger partial charge on any atom is -0.354 e. The molecule has 1 unspecified atom stereocenters. The first-order valence-corrected chi connectivity index (χ1v) is 11.6. The van der Waals surface area contributed by atoms with E-state index in [0.29, 0.717) is 12.4 Å². The average Bonchev–Trinajstić information content (AvgIpc) is 3.38. The van der Waals surface area contributed by atoms with Gasteiger partial charge in [0.2, 0.25) is 5.95 Å². The molecule has 154 valence electrons. The Hall–Kier alpha value is -2.75. The maximum Gasteiger partial charge on any atom is 0.222 e. The van der Waals surface area contributed by atoms with Gasteiger partial charge in [-0.1, -0.05) is 6.92 Å². The van der Waals surface area contributed by atoms with Crippen LogP contribution in [0.2, 0.25) is 0 Å². The van der Waals surface area contributed by atoms with Crippen LogP contribution in [0.4, 0.5) is 5.95 Å². The van der Waals surface area contributed by atoms with Gasteiger partial charge in [-0.15, -0.1) is 0 Å². The molecule has 3 aromatic heterocycles. The van der Waals surface area contributed by atoms with Gasteiger partial charge >= 0.3 is 0 Å². The summed E-state index contributed by atoms with van der Waals surface area (Å²) < 4.78 is 27.6. The number of sulfone groups is 1. The fourth-order valence-corrected chi connectivity index (χ4v) is 5.49. The molecule has 4 rings (SSSR count). The Bertz CT molecular complexity index is 1120. The number of aromatic nitrogens is 6. The molecular formula is C19H25N7O2S. The number of rotatable bonds is 6. The Morgan fingerprint density at radius 2 is 1.97 bits per heavy atom. The molecule has 29 heavy (non-hydrogen) atoms. The van der Waals surface area contributed by atoms with E-state index in [9.17, 15) is 8.42 Å². The van der Waals surface area contributed by atoms with Gasteiger partial charge in [-0.05, 0) is 26.7 Å². The van der Waals surface area contributed by atoms with Crippen LogP contribution in [-0.4, -0.2) is 55.8 Å². The lowest BCUT2D eigenvalue weighted by atomic mass is 10.2. The molecule has 0 bridgehead atoms. The van der Waals surface area contributed by atoms with E-state index in [2.05, 4.69) is 32.3 Å². The molecule has 1 fully saturated rings. The predicted molar refractivity (Wildman–Crippen MR) is 111 cm³/mol. The molecule has 1 N–H and O–H groups in total. The van der Waals surface area contributed by atoms with E-state index < -0.39 is 9.84 Å². The van der Waals surface area contributed by atoms with Crippen LogP contribution in [0, 0.1) is 13.8 Å². The van der Waals surface area contributed by atoms with Crippen LogP contribution < -0.4 is 5.32 Å². The smallest absolute Gasteiger partial charge is 0.222 e. The molecule has 1 saturated heterocycles. The van der Waals surface area contributed by atoms with Gasteiger partial charge in [0.05, 0.1) is 40.2 Å². The standard InChI is InChI=1S/C19H25N7O2S/c1-4-6-21-19-22-10-15(11-23-19)18-20-7-8-25(18)17-13(2)24-26(14(17)3)16-5-9-29(27,28)12-16/h7-8,10-11,16H,4-6,9,12H2,1-3H3,(H,21,22,23). The second-order valence-electron chi connectivity index (χ2n) is 7.36. The van der Waals surface area contributed by atoms with Gasteiger partial charge in [0.15, 0.2) is 9.84 Å². The molecule has 0 radical (unpaired) electrons. The largest absolute Gasteiger partial charge is 0.354 e. The lowest BCUT2D eigenvalue weighted by molar-refractivity contribution is 0.486. The first kappa shape index (κ1) is 19.6. The number of hydrogen-bond acceptors (Lipinski definition) is 7. The van der Waals surface area contributed by atoms with Crippen molar-refractivity contribution in [2.45, 2.75) is 39.7 Å². The quantitative estimate of drug-likeness (QED) is 0.658. The molecule has 1 aliphatic rings. The molecule has 4 heterocycles. The fraction of sp³-hybridized carbons (Fsp3) is 0.474. The fourth-order valence-electron chi connectivity index (χ4n) is 3.80. The zero-order valence-corrected chi connectivity index (χ0v) is 17.6. The van der Waals surface area contributed by atoms with E-state index in [1.807, 2.05) is 29.3 Å². The number of nitrogens with zero attached hydrogens (tertiary/aromatic N) is 6. The molecule has 0 aliphatic carbocycles. The molecule has 3 aromatic rings. The van der Waals surface area contributed by atoms with Crippen LogP contribution in [0.1, 0.15) is 37.2 Å². The lowest BCUT2D eigenvalue weighted by Crippen LogP contribution is -2.14. The van der Waals surface area contributed by atoms with Crippen molar-refractivity contribution in [3.8, 4) is 17.1 Å². The molecule has 1 atom stereocenters. The predicted octanol–water partition coefficient (Wildman–Crippen LogP) is 2.32. The Kier molecular flexibility index (Phi) is 5.12. The Morgan fingerprint density at radius 1 is 1.21 bits per heavy atom. The van der Waals surface area contributed by atoms with E-state index in [4.69, 9.17) is 0 Å². The molecular weight excluding hydrogens is 390 g/mol. The van der Waals surface area contributed by atoms with Crippen molar-refractivity contribution in [2.24, 2.45) is 0 Å². The zero-order chi connectivity index (χ0) is 20.6. The van der Waals surface area contributed by atoms with Crippen molar-refractivity contribution in [1.82, 2.24) is 29.3 Å². The molecule has 1 aliphatic heterocycles. The molecule has 0 saturated carbocycles. The van der Waals surface area contributed by atoms with Gasteiger partial charge in [-0.3, -0.25) is 9.25 Å². The summed E-state index contributed by atoms with van der Waals surface area (Å²) in [7, 11) is -2.98. The van der Waals surface area contributed by atoms with Crippen LogP contribution >= 0.6 is 0 Å². The zero-order valence-electron chi connectivity index (χ0n) is 16.8. The summed E-state index contributed by atoms with van der Waals surface area (Å²) in [5.41, 5.74) is 3.46. The van der Waals surface area contributed by atoms with Crippen LogP contribution in [-0.2, 0) is 9.84 Å². The van der Waals surface area contributed by atoms with Crippen LogP contribution in [0.5, 0.6) is 0 Å². The van der Waals surface area contributed by atoms with E-state index in [-0.39, 0.29) is 17.5 Å². The van der Waals surface area contributed by atoms with E-state index >= 15 is 0 Å². The highest BCUT2D eigenvalue weighted by Crippen LogP contribution is 2.30. The van der Waals surface area contributed by atoms with Gasteiger partial charge < -0.3 is 5.32 Å². The van der Waals surface area contributed by atoms with Gasteiger partial charge in [-0.2, -0.15) is 5.10 Å². The molecule has 0 amide bonds. The number of anilines is 1. The summed E-state index contributed by atoms with van der Waals surface area (Å²) in [5.74, 6) is 1.68. The number of hydrogen-bond donors (Lipinski definition) is 1. The summed E-state index contributed by atoms with van der Waals surface area (Å²) in [6, 6.07) is -0.119. The summed E-state index contributed by atoms with van der Waals surface area (Å²) in [4.78, 5) is 13.2. The first-order chi connectivity index (χ1) is 13.9. The highest BCUT2D eigenvalue weighted by molar-refractivity contribution is 7.91. The third kappa shape index (κ3) is 3.76. The van der Waals surface area contributed by atoms with E-state index in [1.54, 1.807) is 18.6 Å². The number of aryl methyl sites for hydroxylation is 1. The van der Waals surface area contributed by atoms with Crippen LogP contribution in [0.3, 0.4) is 0 Å². The maximum absolute atomic E-state index is 11.9. The summed E-state index contributed by atoms with van der Waals surface area (Å²) in [6.07, 6.45) is 8.71. The summed E-state index contributed by atoms with van der Waals surface area (Å²) in [6.45, 7) is 6.81. The number of imidazole rings is 1. The molecule has 0 spiro atoms. The van der Waals surface area contributed by atoms with Gasteiger partial charge in [-0.25, -0.2) is 23.4 Å². The lowest BCUT2D eigenvalue weighted by Gasteiger charge is -2.12. The van der Waals surface area contributed by atoms with Crippen molar-refractivity contribution in [3.63, 3.8) is 0 Å². The molecule has 0 aromatic carbocycles. The van der Waals surface area contributed by atoms with E-state index in [0.717, 1.165) is 41.4 Å². The monoisotopic (exact) mass is 415 g/mol. The average molecular weight is 416 g/mol. The second kappa shape index (κ2) is 7.58. The van der Waals surface area contributed by atoms with Gasteiger partial charge in [0.25, 0.3) is 0 Å². The topological polar surface area (TPSA) is 108 Å². The van der Waals surface area contributed by atoms with Crippen LogP contribution in [0.25, 0.3) is 17.1 Å². The van der Waals surface area contributed by atoms with Crippen LogP contribution in [0.15, 0.2) is 24.8 Å². The normalized spacial score (nSPS) is 18.2. The highest BCUT2D eigenvalue weighted by atomic mass is 32.2. The van der Waals surface area contributed by atoms with Crippen molar-refractivity contribution in [1.29, 1.82) is 0 Å². The Balaban J connectivity index is 1.68. The third-order valence-corrected chi connectivity index (χ3v) is 6.92. The van der Waals surface area contributed by atoms with E-state index in [1.165, 1.54) is 0 Å². The summed E-state index contributed by atoms with van der Waals surface area (Å²) in [5, 5.41) is 7.82. The Morgan fingerprint density at radius 3 is 2.62 bits per heavy atom.